The average Bonchev–Trinajstić information content (AvgIpc) is 3.08. The number of cyclic esters (lactones) is 1. The van der Waals surface area contributed by atoms with Gasteiger partial charge in [0.1, 0.15) is 6.54 Å². The Morgan fingerprint density at radius 2 is 2.04 bits per heavy atom. The van der Waals surface area contributed by atoms with Crippen molar-refractivity contribution in [3.8, 4) is 0 Å². The van der Waals surface area contributed by atoms with E-state index in [2.05, 4.69) is 9.72 Å². The van der Waals surface area contributed by atoms with Crippen LogP contribution in [0.4, 0.5) is 4.79 Å². The smallest absolute Gasteiger partial charge is 0.417 e. The highest BCUT2D eigenvalue weighted by Gasteiger charge is 2.38. The van der Waals surface area contributed by atoms with Gasteiger partial charge in [-0.2, -0.15) is 0 Å². The number of ether oxygens (including phenoxy) is 1. The fraction of sp³-hybridized carbons (Fsp3) is 0.375. The molecule has 0 saturated carbocycles. The summed E-state index contributed by atoms with van der Waals surface area (Å²) in [5.41, 5.74) is 1.78. The van der Waals surface area contributed by atoms with Gasteiger partial charge in [-0.1, -0.05) is 12.1 Å². The summed E-state index contributed by atoms with van der Waals surface area (Å²) in [7, 11) is 0. The van der Waals surface area contributed by atoms with E-state index in [1.54, 1.807) is 11.2 Å². The van der Waals surface area contributed by atoms with Crippen LogP contribution in [0.2, 0.25) is 0 Å². The van der Waals surface area contributed by atoms with Crippen molar-refractivity contribution in [1.82, 2.24) is 19.4 Å². The van der Waals surface area contributed by atoms with E-state index in [4.69, 9.17) is 0 Å². The van der Waals surface area contributed by atoms with Crippen LogP contribution >= 0.6 is 0 Å². The first kappa shape index (κ1) is 14.7. The lowest BCUT2D eigenvalue weighted by Crippen LogP contribution is -2.55. The van der Waals surface area contributed by atoms with Crippen LogP contribution in [0.25, 0.3) is 11.0 Å². The molecule has 0 radical (unpaired) electrons. The summed E-state index contributed by atoms with van der Waals surface area (Å²) in [6.07, 6.45) is 1.08. The minimum absolute atomic E-state index is 0.00438. The maximum atomic E-state index is 12.4. The average molecular weight is 328 g/mol. The van der Waals surface area contributed by atoms with Crippen molar-refractivity contribution < 1.29 is 19.1 Å². The van der Waals surface area contributed by atoms with E-state index >= 15 is 0 Å². The van der Waals surface area contributed by atoms with Gasteiger partial charge in [0, 0.05) is 25.6 Å². The molecule has 2 aliphatic rings. The molecule has 24 heavy (non-hydrogen) atoms. The highest BCUT2D eigenvalue weighted by Crippen LogP contribution is 2.20. The van der Waals surface area contributed by atoms with Gasteiger partial charge in [-0.3, -0.25) is 9.59 Å². The number of nitrogens with zero attached hydrogens (tertiary/aromatic N) is 4. The van der Waals surface area contributed by atoms with Crippen molar-refractivity contribution in [3.05, 3.63) is 30.6 Å². The molecule has 0 bridgehead atoms. The van der Waals surface area contributed by atoms with E-state index < -0.39 is 6.09 Å². The minimum Gasteiger partial charge on any atom is -0.439 e. The molecule has 0 N–H and O–H groups in total. The molecule has 4 rings (SSSR count). The van der Waals surface area contributed by atoms with E-state index in [-0.39, 0.29) is 30.9 Å². The second kappa shape index (κ2) is 5.63. The first-order chi connectivity index (χ1) is 11.6. The molecule has 2 aromatic rings. The summed E-state index contributed by atoms with van der Waals surface area (Å²) in [4.78, 5) is 42.4. The lowest BCUT2D eigenvalue weighted by Gasteiger charge is -2.40. The molecule has 1 aromatic heterocycles. The molecular weight excluding hydrogens is 312 g/mol. The molecule has 0 aliphatic carbocycles. The zero-order valence-corrected chi connectivity index (χ0v) is 12.9. The molecule has 2 fully saturated rings. The Morgan fingerprint density at radius 1 is 1.25 bits per heavy atom. The fourth-order valence-corrected chi connectivity index (χ4v) is 3.09. The second-order valence-electron chi connectivity index (χ2n) is 6.08. The van der Waals surface area contributed by atoms with Crippen molar-refractivity contribution in [2.24, 2.45) is 5.92 Å². The molecule has 1 aromatic carbocycles. The lowest BCUT2D eigenvalue weighted by molar-refractivity contribution is -0.138. The van der Waals surface area contributed by atoms with E-state index in [1.165, 1.54) is 0 Å². The number of carbonyl (C=O) groups excluding carboxylic acids is 3. The topological polar surface area (TPSA) is 84.7 Å². The summed E-state index contributed by atoms with van der Waals surface area (Å²) in [6.45, 7) is 1.46. The molecule has 2 aliphatic heterocycles. The Balaban J connectivity index is 1.33. The van der Waals surface area contributed by atoms with E-state index in [0.717, 1.165) is 15.9 Å². The van der Waals surface area contributed by atoms with Crippen molar-refractivity contribution >= 4 is 28.9 Å². The summed E-state index contributed by atoms with van der Waals surface area (Å²) in [6, 6.07) is 7.66. The molecule has 0 spiro atoms. The summed E-state index contributed by atoms with van der Waals surface area (Å²) in [5, 5.41) is 0. The van der Waals surface area contributed by atoms with Crippen molar-refractivity contribution in [2.45, 2.75) is 6.54 Å². The Labute approximate surface area is 137 Å². The number of aromatic nitrogens is 2. The highest BCUT2D eigenvalue weighted by molar-refractivity contribution is 5.97. The number of hydrogen-bond acceptors (Lipinski definition) is 5. The van der Waals surface area contributed by atoms with Crippen molar-refractivity contribution in [3.63, 3.8) is 0 Å². The van der Waals surface area contributed by atoms with Crippen LogP contribution in [0.15, 0.2) is 30.6 Å². The van der Waals surface area contributed by atoms with Crippen LogP contribution < -0.4 is 0 Å². The Morgan fingerprint density at radius 3 is 2.79 bits per heavy atom. The highest BCUT2D eigenvalue weighted by atomic mass is 16.6. The van der Waals surface area contributed by atoms with E-state index in [0.29, 0.717) is 19.6 Å². The lowest BCUT2D eigenvalue weighted by atomic mass is 9.99. The van der Waals surface area contributed by atoms with Crippen LogP contribution in [0.3, 0.4) is 0 Å². The van der Waals surface area contributed by atoms with Gasteiger partial charge in [-0.05, 0) is 12.1 Å². The maximum absolute atomic E-state index is 12.4. The predicted octanol–water partition coefficient (Wildman–Crippen LogP) is 0.474. The Bertz CT molecular complexity index is 808. The normalized spacial score (nSPS) is 18.2. The van der Waals surface area contributed by atoms with Gasteiger partial charge >= 0.3 is 6.09 Å². The number of carbonyl (C=O) groups is 3. The van der Waals surface area contributed by atoms with Crippen LogP contribution in [-0.4, -0.2) is 63.5 Å². The van der Waals surface area contributed by atoms with Crippen LogP contribution in [0, 0.1) is 5.92 Å². The molecule has 8 heteroatoms. The number of likely N-dealkylation sites (tertiary alicyclic amines) is 1. The molecule has 3 amide bonds. The number of benzene rings is 1. The van der Waals surface area contributed by atoms with Crippen LogP contribution in [0.1, 0.15) is 0 Å². The molecule has 124 valence electrons. The molecular formula is C16H16N4O4. The number of imidazole rings is 1. The largest absolute Gasteiger partial charge is 0.439 e. The predicted molar refractivity (Wildman–Crippen MR) is 82.9 cm³/mol. The number of hydrogen-bond donors (Lipinski definition) is 0. The quantitative estimate of drug-likeness (QED) is 0.815. The first-order valence-corrected chi connectivity index (χ1v) is 7.76. The van der Waals surface area contributed by atoms with Crippen LogP contribution in [0.5, 0.6) is 0 Å². The van der Waals surface area contributed by atoms with Gasteiger partial charge in [0.05, 0.1) is 17.4 Å². The minimum atomic E-state index is -0.588. The molecule has 8 nitrogen and oxygen atoms in total. The van der Waals surface area contributed by atoms with E-state index in [9.17, 15) is 14.4 Å². The third-order valence-corrected chi connectivity index (χ3v) is 4.42. The van der Waals surface area contributed by atoms with Crippen molar-refractivity contribution in [2.75, 3.05) is 26.2 Å². The standard InChI is InChI=1S/C16H16N4O4/c21-14(8-19-10-17-12-3-1-2-4-13(12)19)18-5-11(6-18)7-20-15(22)9-24-16(20)23/h1-4,10-11H,5-9H2. The van der Waals surface area contributed by atoms with Gasteiger partial charge < -0.3 is 14.2 Å². The number of imide groups is 1. The summed E-state index contributed by atoms with van der Waals surface area (Å²) >= 11 is 0. The third-order valence-electron chi connectivity index (χ3n) is 4.42. The van der Waals surface area contributed by atoms with Gasteiger partial charge in [-0.25, -0.2) is 14.7 Å². The number of para-hydroxylation sites is 2. The monoisotopic (exact) mass is 328 g/mol. The Hall–Kier alpha value is -2.90. The van der Waals surface area contributed by atoms with E-state index in [1.807, 2.05) is 28.8 Å². The SMILES string of the molecule is O=C(Cn1cnc2ccccc21)N1CC(CN2C(=O)COC2=O)C1. The zero-order chi connectivity index (χ0) is 16.7. The van der Waals surface area contributed by atoms with Gasteiger partial charge in [0.25, 0.3) is 5.91 Å². The second-order valence-corrected chi connectivity index (χ2v) is 6.08. The maximum Gasteiger partial charge on any atom is 0.417 e. The van der Waals surface area contributed by atoms with Crippen molar-refractivity contribution in [1.29, 1.82) is 0 Å². The molecule has 2 saturated heterocycles. The number of rotatable bonds is 4. The van der Waals surface area contributed by atoms with Crippen LogP contribution in [-0.2, 0) is 20.9 Å². The molecule has 0 atom stereocenters. The third kappa shape index (κ3) is 2.49. The zero-order valence-electron chi connectivity index (χ0n) is 12.9. The fourth-order valence-electron chi connectivity index (χ4n) is 3.09. The summed E-state index contributed by atoms with van der Waals surface area (Å²) < 4.78 is 6.50. The first-order valence-electron chi connectivity index (χ1n) is 7.76. The Kier molecular flexibility index (Phi) is 3.44. The number of amides is 3. The number of fused-ring (bicyclic) bond motifs is 1. The molecule has 3 heterocycles. The van der Waals surface area contributed by atoms with Gasteiger partial charge in [0.2, 0.25) is 5.91 Å². The van der Waals surface area contributed by atoms with Gasteiger partial charge in [-0.15, -0.1) is 0 Å². The molecule has 0 unspecified atom stereocenters. The summed E-state index contributed by atoms with van der Waals surface area (Å²) in [5.74, 6) is -0.192. The van der Waals surface area contributed by atoms with Gasteiger partial charge in [0.15, 0.2) is 6.61 Å².